The first kappa shape index (κ1) is 10.7. The van der Waals surface area contributed by atoms with Crippen LogP contribution in [0.3, 0.4) is 0 Å². The highest BCUT2D eigenvalue weighted by atomic mass is 16.3. The van der Waals surface area contributed by atoms with Gasteiger partial charge in [-0.1, -0.05) is 19.1 Å². The van der Waals surface area contributed by atoms with Crippen LogP contribution >= 0.6 is 0 Å². The van der Waals surface area contributed by atoms with Crippen LogP contribution in [0.1, 0.15) is 20.8 Å². The molecule has 0 spiro atoms. The predicted octanol–water partition coefficient (Wildman–Crippen LogP) is 1.27. The highest BCUT2D eigenvalue weighted by Crippen LogP contribution is 1.97. The van der Waals surface area contributed by atoms with Gasteiger partial charge >= 0.3 is 0 Å². The maximum Gasteiger partial charge on any atom is 0.0584 e. The second-order valence-electron chi connectivity index (χ2n) is 2.69. The van der Waals surface area contributed by atoms with Crippen LogP contribution in [-0.4, -0.2) is 35.7 Å². The van der Waals surface area contributed by atoms with E-state index in [9.17, 15) is 0 Å². The molecular formula is C9H19NO. The number of likely N-dealkylation sites (N-methyl/N-ethyl adjacent to an activating group) is 1. The lowest BCUT2D eigenvalue weighted by Gasteiger charge is -2.24. The summed E-state index contributed by atoms with van der Waals surface area (Å²) in [6.45, 7) is 8.33. The Morgan fingerprint density at radius 3 is 2.55 bits per heavy atom. The first-order valence-corrected chi connectivity index (χ1v) is 4.22. The van der Waals surface area contributed by atoms with Crippen molar-refractivity contribution in [3.63, 3.8) is 0 Å². The Kier molecular flexibility index (Phi) is 6.18. The fraction of sp³-hybridized carbons (Fsp3) is 0.778. The number of aliphatic hydroxyl groups excluding tert-OH is 1. The van der Waals surface area contributed by atoms with E-state index in [0.717, 1.165) is 13.1 Å². The fourth-order valence-electron chi connectivity index (χ4n) is 0.977. The van der Waals surface area contributed by atoms with Crippen LogP contribution in [-0.2, 0) is 0 Å². The summed E-state index contributed by atoms with van der Waals surface area (Å²) in [6.07, 6.45) is 4.14. The molecular weight excluding hydrogens is 138 g/mol. The molecule has 66 valence electrons. The lowest BCUT2D eigenvalue weighted by molar-refractivity contribution is 0.151. The number of hydrogen-bond donors (Lipinski definition) is 1. The summed E-state index contributed by atoms with van der Waals surface area (Å²) in [5.41, 5.74) is 0. The molecule has 0 bridgehead atoms. The van der Waals surface area contributed by atoms with Gasteiger partial charge in [-0.2, -0.15) is 0 Å². The normalized spacial score (nSPS) is 14.6. The molecule has 0 amide bonds. The highest BCUT2D eigenvalue weighted by molar-refractivity contribution is 4.82. The molecule has 0 fully saturated rings. The van der Waals surface area contributed by atoms with Crippen molar-refractivity contribution in [1.29, 1.82) is 0 Å². The molecule has 1 atom stereocenters. The number of hydrogen-bond acceptors (Lipinski definition) is 2. The van der Waals surface area contributed by atoms with Gasteiger partial charge < -0.3 is 5.11 Å². The molecule has 0 aliphatic rings. The van der Waals surface area contributed by atoms with Gasteiger partial charge in [0.15, 0.2) is 0 Å². The molecule has 0 saturated heterocycles. The predicted molar refractivity (Wildman–Crippen MR) is 48.6 cm³/mol. The molecule has 1 unspecified atom stereocenters. The van der Waals surface area contributed by atoms with Gasteiger partial charge in [0, 0.05) is 12.6 Å². The Bertz CT molecular complexity index is 112. The third-order valence-electron chi connectivity index (χ3n) is 1.87. The van der Waals surface area contributed by atoms with Gasteiger partial charge in [0.25, 0.3) is 0 Å². The number of nitrogens with zero attached hydrogens (tertiary/aromatic N) is 1. The fourth-order valence-corrected chi connectivity index (χ4v) is 0.977. The first-order chi connectivity index (χ1) is 5.26. The quantitative estimate of drug-likeness (QED) is 0.607. The SMILES string of the molecule is C/C=C/CN(CC)C(C)CO. The Hall–Kier alpha value is -0.340. The van der Waals surface area contributed by atoms with Crippen molar-refractivity contribution < 1.29 is 5.11 Å². The van der Waals surface area contributed by atoms with E-state index >= 15 is 0 Å². The van der Waals surface area contributed by atoms with Crippen molar-refractivity contribution in [2.45, 2.75) is 26.8 Å². The minimum absolute atomic E-state index is 0.241. The molecule has 0 aromatic rings. The van der Waals surface area contributed by atoms with Crippen molar-refractivity contribution in [3.05, 3.63) is 12.2 Å². The number of rotatable bonds is 5. The van der Waals surface area contributed by atoms with Crippen molar-refractivity contribution in [3.8, 4) is 0 Å². The number of allylic oxidation sites excluding steroid dienone is 1. The minimum atomic E-state index is 0.241. The molecule has 2 heteroatoms. The largest absolute Gasteiger partial charge is 0.395 e. The molecule has 11 heavy (non-hydrogen) atoms. The van der Waals surface area contributed by atoms with E-state index in [4.69, 9.17) is 5.11 Å². The Labute approximate surface area is 69.5 Å². The van der Waals surface area contributed by atoms with Gasteiger partial charge in [0.05, 0.1) is 6.61 Å². The zero-order chi connectivity index (χ0) is 8.69. The van der Waals surface area contributed by atoms with E-state index in [0.29, 0.717) is 0 Å². The van der Waals surface area contributed by atoms with Crippen LogP contribution in [0.4, 0.5) is 0 Å². The summed E-state index contributed by atoms with van der Waals surface area (Å²) in [4.78, 5) is 2.22. The van der Waals surface area contributed by atoms with Gasteiger partial charge in [-0.3, -0.25) is 4.90 Å². The molecule has 0 heterocycles. The van der Waals surface area contributed by atoms with E-state index in [1.54, 1.807) is 0 Å². The van der Waals surface area contributed by atoms with E-state index < -0.39 is 0 Å². The van der Waals surface area contributed by atoms with E-state index in [-0.39, 0.29) is 12.6 Å². The minimum Gasteiger partial charge on any atom is -0.395 e. The maximum absolute atomic E-state index is 8.87. The highest BCUT2D eigenvalue weighted by Gasteiger charge is 2.07. The van der Waals surface area contributed by atoms with Crippen LogP contribution in [0, 0.1) is 0 Å². The first-order valence-electron chi connectivity index (χ1n) is 4.22. The summed E-state index contributed by atoms with van der Waals surface area (Å²) >= 11 is 0. The van der Waals surface area contributed by atoms with E-state index in [1.807, 2.05) is 19.9 Å². The monoisotopic (exact) mass is 157 g/mol. The Morgan fingerprint density at radius 2 is 2.18 bits per heavy atom. The lowest BCUT2D eigenvalue weighted by Crippen LogP contribution is -2.35. The summed E-state index contributed by atoms with van der Waals surface area (Å²) < 4.78 is 0. The molecule has 2 nitrogen and oxygen atoms in total. The summed E-state index contributed by atoms with van der Waals surface area (Å²) in [5, 5.41) is 8.87. The van der Waals surface area contributed by atoms with Gasteiger partial charge in [-0.05, 0) is 20.4 Å². The second kappa shape index (κ2) is 6.38. The van der Waals surface area contributed by atoms with Gasteiger partial charge in [0.1, 0.15) is 0 Å². The van der Waals surface area contributed by atoms with Crippen molar-refractivity contribution in [1.82, 2.24) is 4.90 Å². The average Bonchev–Trinajstić information content (AvgIpc) is 2.05. The summed E-state index contributed by atoms with van der Waals surface area (Å²) in [6, 6.07) is 0.274. The Morgan fingerprint density at radius 1 is 1.55 bits per heavy atom. The smallest absolute Gasteiger partial charge is 0.0584 e. The van der Waals surface area contributed by atoms with Crippen LogP contribution < -0.4 is 0 Å². The third-order valence-corrected chi connectivity index (χ3v) is 1.87. The molecule has 0 aromatic carbocycles. The van der Waals surface area contributed by atoms with Crippen LogP contribution in [0.5, 0.6) is 0 Å². The molecule has 0 aliphatic carbocycles. The van der Waals surface area contributed by atoms with Crippen molar-refractivity contribution in [2.24, 2.45) is 0 Å². The van der Waals surface area contributed by atoms with Gasteiger partial charge in [-0.25, -0.2) is 0 Å². The van der Waals surface area contributed by atoms with Crippen LogP contribution in [0.15, 0.2) is 12.2 Å². The lowest BCUT2D eigenvalue weighted by atomic mass is 10.3. The van der Waals surface area contributed by atoms with Crippen LogP contribution in [0.2, 0.25) is 0 Å². The van der Waals surface area contributed by atoms with Crippen molar-refractivity contribution in [2.75, 3.05) is 19.7 Å². The molecule has 0 radical (unpaired) electrons. The number of aliphatic hydroxyl groups is 1. The van der Waals surface area contributed by atoms with E-state index in [1.165, 1.54) is 0 Å². The standard InChI is InChI=1S/C9H19NO/c1-4-6-7-10(5-2)9(3)8-11/h4,6,9,11H,5,7-8H2,1-3H3/b6-4+. The van der Waals surface area contributed by atoms with E-state index in [2.05, 4.69) is 17.9 Å². The average molecular weight is 157 g/mol. The molecule has 0 aliphatic heterocycles. The molecule has 0 rings (SSSR count). The van der Waals surface area contributed by atoms with Gasteiger partial charge in [-0.15, -0.1) is 0 Å². The zero-order valence-corrected chi connectivity index (χ0v) is 7.75. The Balaban J connectivity index is 3.74. The van der Waals surface area contributed by atoms with Crippen molar-refractivity contribution >= 4 is 0 Å². The molecule has 1 N–H and O–H groups in total. The van der Waals surface area contributed by atoms with Gasteiger partial charge in [0.2, 0.25) is 0 Å². The topological polar surface area (TPSA) is 23.5 Å². The molecule has 0 aromatic heterocycles. The second-order valence-corrected chi connectivity index (χ2v) is 2.69. The third kappa shape index (κ3) is 4.17. The molecule has 0 saturated carbocycles. The summed E-state index contributed by atoms with van der Waals surface area (Å²) in [7, 11) is 0. The summed E-state index contributed by atoms with van der Waals surface area (Å²) in [5.74, 6) is 0. The van der Waals surface area contributed by atoms with Crippen LogP contribution in [0.25, 0.3) is 0 Å². The zero-order valence-electron chi connectivity index (χ0n) is 7.75. The maximum atomic E-state index is 8.87.